The third-order valence-electron chi connectivity index (χ3n) is 6.28. The van der Waals surface area contributed by atoms with Gasteiger partial charge in [-0.15, -0.1) is 0 Å². The second-order valence-corrected chi connectivity index (χ2v) is 9.44. The Balaban J connectivity index is 1.79. The lowest BCUT2D eigenvalue weighted by atomic mass is 9.92. The van der Waals surface area contributed by atoms with Crippen molar-refractivity contribution in [2.24, 2.45) is 0 Å². The highest BCUT2D eigenvalue weighted by Gasteiger charge is 2.46. The minimum Gasteiger partial charge on any atom is -0.497 e. The molecule has 194 valence electrons. The molecule has 1 aliphatic heterocycles. The van der Waals surface area contributed by atoms with Crippen LogP contribution in [0.15, 0.2) is 48.5 Å². The Morgan fingerprint density at radius 3 is 2.27 bits per heavy atom. The molecule has 7 nitrogen and oxygen atoms in total. The number of nitrogens with one attached hydrogen (secondary N) is 1. The molecule has 37 heavy (non-hydrogen) atoms. The van der Waals surface area contributed by atoms with Crippen LogP contribution in [0.1, 0.15) is 46.9 Å². The number of aromatic nitrogens is 1. The monoisotopic (exact) mass is 513 g/mol. The van der Waals surface area contributed by atoms with Crippen molar-refractivity contribution in [3.05, 3.63) is 88.4 Å². The third kappa shape index (κ3) is 5.15. The number of amides is 2. The summed E-state index contributed by atoms with van der Waals surface area (Å²) in [6.45, 7) is 4.35. The van der Waals surface area contributed by atoms with Gasteiger partial charge in [-0.1, -0.05) is 17.7 Å². The van der Waals surface area contributed by atoms with E-state index < -0.39 is 58.2 Å². The largest absolute Gasteiger partial charge is 0.497 e. The lowest BCUT2D eigenvalue weighted by Crippen LogP contribution is -2.44. The van der Waals surface area contributed by atoms with Crippen LogP contribution >= 0.6 is 0 Å². The summed E-state index contributed by atoms with van der Waals surface area (Å²) in [5.74, 6) is -5.99. The number of carbonyl (C=O) groups excluding carboxylic acids is 2. The van der Waals surface area contributed by atoms with Crippen molar-refractivity contribution in [3.8, 4) is 5.75 Å². The third-order valence-corrected chi connectivity index (χ3v) is 6.28. The molecule has 0 spiro atoms. The van der Waals surface area contributed by atoms with E-state index in [2.05, 4.69) is 10.3 Å². The molecule has 3 aromatic rings. The van der Waals surface area contributed by atoms with Gasteiger partial charge in [-0.05, 0) is 45.0 Å². The highest BCUT2D eigenvalue weighted by molar-refractivity contribution is 6.04. The number of carbonyl (C=O) groups is 2. The molecule has 0 bridgehead atoms. The number of halogens is 3. The summed E-state index contributed by atoms with van der Waals surface area (Å²) in [5, 5.41) is 12.9. The van der Waals surface area contributed by atoms with Crippen LogP contribution < -0.4 is 15.0 Å². The molecule has 0 radical (unpaired) electrons. The molecule has 0 aliphatic carbocycles. The van der Waals surface area contributed by atoms with Crippen molar-refractivity contribution in [2.75, 3.05) is 18.6 Å². The second-order valence-electron chi connectivity index (χ2n) is 9.44. The number of ether oxygens (including phenoxy) is 1. The minimum atomic E-state index is -1.45. The fourth-order valence-electron chi connectivity index (χ4n) is 4.27. The fraction of sp³-hybridized carbons (Fsp3) is 0.296. The van der Waals surface area contributed by atoms with Gasteiger partial charge in [0.05, 0.1) is 12.8 Å². The molecule has 1 aliphatic rings. The normalized spacial score (nSPS) is 17.7. The molecular formula is C27H26F3N3O4. The zero-order chi connectivity index (χ0) is 27.1. The number of anilines is 1. The van der Waals surface area contributed by atoms with Crippen LogP contribution in [0.5, 0.6) is 5.75 Å². The van der Waals surface area contributed by atoms with Crippen LogP contribution in [-0.4, -0.2) is 41.6 Å². The molecule has 0 saturated carbocycles. The van der Waals surface area contributed by atoms with Gasteiger partial charge in [0.15, 0.2) is 11.6 Å². The number of nitrogens with zero attached hydrogens (tertiary/aromatic N) is 2. The van der Waals surface area contributed by atoms with Gasteiger partial charge in [0, 0.05) is 35.7 Å². The SMILES string of the molecule is COc1cc(F)c([C@@H]2CN(c3nc(C(C)(C)O)ccc3F)C(=O)C2NC(=O)c2ccc(C)cc2)c(F)c1. The zero-order valence-corrected chi connectivity index (χ0v) is 20.7. The summed E-state index contributed by atoms with van der Waals surface area (Å²) in [5.41, 5.74) is -0.669. The fourth-order valence-corrected chi connectivity index (χ4v) is 4.27. The first-order valence-electron chi connectivity index (χ1n) is 11.5. The molecule has 2 atom stereocenters. The second kappa shape index (κ2) is 9.85. The van der Waals surface area contributed by atoms with Crippen LogP contribution in [0.3, 0.4) is 0 Å². The average molecular weight is 514 g/mol. The molecule has 1 unspecified atom stereocenters. The Hall–Kier alpha value is -3.92. The van der Waals surface area contributed by atoms with Gasteiger partial charge in [0.2, 0.25) is 0 Å². The first kappa shape index (κ1) is 26.2. The topological polar surface area (TPSA) is 91.8 Å². The predicted molar refractivity (Wildman–Crippen MR) is 130 cm³/mol. The van der Waals surface area contributed by atoms with E-state index >= 15 is 8.78 Å². The Labute approximate surface area is 211 Å². The predicted octanol–water partition coefficient (Wildman–Crippen LogP) is 3.97. The van der Waals surface area contributed by atoms with Gasteiger partial charge in [-0.2, -0.15) is 0 Å². The summed E-state index contributed by atoms with van der Waals surface area (Å²) in [4.78, 5) is 31.6. The zero-order valence-electron chi connectivity index (χ0n) is 20.7. The maximum Gasteiger partial charge on any atom is 0.251 e. The number of aryl methyl sites for hydroxylation is 1. The molecule has 2 N–H and O–H groups in total. The summed E-state index contributed by atoms with van der Waals surface area (Å²) in [6.07, 6.45) is 0. The number of methoxy groups -OCH3 is 1. The molecule has 2 heterocycles. The number of aliphatic hydroxyl groups is 1. The van der Waals surface area contributed by atoms with E-state index in [1.54, 1.807) is 24.3 Å². The molecule has 2 aromatic carbocycles. The number of pyridine rings is 1. The van der Waals surface area contributed by atoms with Crippen LogP contribution in [0.2, 0.25) is 0 Å². The van der Waals surface area contributed by atoms with Gasteiger partial charge in [0.1, 0.15) is 29.0 Å². The van der Waals surface area contributed by atoms with Gasteiger partial charge < -0.3 is 15.2 Å². The number of hydrogen-bond acceptors (Lipinski definition) is 5. The maximum absolute atomic E-state index is 15.1. The highest BCUT2D eigenvalue weighted by atomic mass is 19.1. The smallest absolute Gasteiger partial charge is 0.251 e. The quantitative estimate of drug-likeness (QED) is 0.521. The number of hydrogen-bond donors (Lipinski definition) is 2. The maximum atomic E-state index is 15.1. The van der Waals surface area contributed by atoms with E-state index in [0.717, 1.165) is 28.7 Å². The Morgan fingerprint density at radius 2 is 1.70 bits per heavy atom. The molecule has 2 amide bonds. The standard InChI is InChI=1S/C27H26F3N3O4/c1-14-5-7-15(8-6-14)25(34)32-23-17(22-19(29)11-16(37-4)12-20(22)30)13-33(26(23)35)24-18(28)9-10-21(31-24)27(2,3)36/h5-12,17,23,36H,13H2,1-4H3,(H,32,34)/t17-,23?/m0/s1. The Kier molecular flexibility index (Phi) is 6.96. The van der Waals surface area contributed by atoms with E-state index in [-0.39, 0.29) is 23.6 Å². The number of benzene rings is 2. The van der Waals surface area contributed by atoms with Crippen LogP contribution in [0, 0.1) is 24.4 Å². The molecule has 1 aromatic heterocycles. The summed E-state index contributed by atoms with van der Waals surface area (Å²) in [7, 11) is 1.25. The van der Waals surface area contributed by atoms with E-state index in [4.69, 9.17) is 4.74 Å². The average Bonchev–Trinajstić information content (AvgIpc) is 3.14. The summed E-state index contributed by atoms with van der Waals surface area (Å²) >= 11 is 0. The van der Waals surface area contributed by atoms with Crippen molar-refractivity contribution in [2.45, 2.75) is 38.3 Å². The minimum absolute atomic E-state index is 0.0641. The molecule has 1 fully saturated rings. The van der Waals surface area contributed by atoms with Crippen molar-refractivity contribution in [3.63, 3.8) is 0 Å². The summed E-state index contributed by atoms with van der Waals surface area (Å²) < 4.78 is 50.0. The van der Waals surface area contributed by atoms with E-state index in [1.165, 1.54) is 27.0 Å². The van der Waals surface area contributed by atoms with E-state index in [1.807, 2.05) is 6.92 Å². The van der Waals surface area contributed by atoms with Crippen molar-refractivity contribution < 1.29 is 32.6 Å². The van der Waals surface area contributed by atoms with Gasteiger partial charge >= 0.3 is 0 Å². The van der Waals surface area contributed by atoms with Crippen molar-refractivity contribution in [1.82, 2.24) is 10.3 Å². The van der Waals surface area contributed by atoms with Gasteiger partial charge in [-0.25, -0.2) is 18.2 Å². The Bertz CT molecular complexity index is 1330. The first-order valence-corrected chi connectivity index (χ1v) is 11.5. The summed E-state index contributed by atoms with van der Waals surface area (Å²) in [6, 6.07) is 9.35. The highest BCUT2D eigenvalue weighted by Crippen LogP contribution is 2.37. The molecule has 1 saturated heterocycles. The van der Waals surface area contributed by atoms with Crippen molar-refractivity contribution >= 4 is 17.6 Å². The van der Waals surface area contributed by atoms with Crippen LogP contribution in [0.25, 0.3) is 0 Å². The lowest BCUT2D eigenvalue weighted by Gasteiger charge is -2.21. The molecular weight excluding hydrogens is 487 g/mol. The molecule has 4 rings (SSSR count). The Morgan fingerprint density at radius 1 is 1.08 bits per heavy atom. The van der Waals surface area contributed by atoms with E-state index in [9.17, 15) is 19.1 Å². The van der Waals surface area contributed by atoms with Crippen LogP contribution in [0.4, 0.5) is 19.0 Å². The van der Waals surface area contributed by atoms with Crippen LogP contribution in [-0.2, 0) is 10.4 Å². The van der Waals surface area contributed by atoms with Gasteiger partial charge in [0.25, 0.3) is 11.8 Å². The molecule has 10 heteroatoms. The first-order chi connectivity index (χ1) is 17.4. The lowest BCUT2D eigenvalue weighted by molar-refractivity contribution is -0.118. The van der Waals surface area contributed by atoms with Crippen molar-refractivity contribution in [1.29, 1.82) is 0 Å². The van der Waals surface area contributed by atoms with Gasteiger partial charge in [-0.3, -0.25) is 14.5 Å². The number of rotatable bonds is 6. The van der Waals surface area contributed by atoms with E-state index in [0.29, 0.717) is 0 Å².